The van der Waals surface area contributed by atoms with E-state index in [9.17, 15) is 0 Å². The summed E-state index contributed by atoms with van der Waals surface area (Å²) >= 11 is 0. The zero-order valence-electron chi connectivity index (χ0n) is 19.2. The molecule has 0 saturated heterocycles. The Bertz CT molecular complexity index is 1610. The van der Waals surface area contributed by atoms with Crippen molar-refractivity contribution >= 4 is 21.5 Å². The zero-order valence-corrected chi connectivity index (χ0v) is 19.2. The predicted molar refractivity (Wildman–Crippen MR) is 145 cm³/mol. The minimum Gasteiger partial charge on any atom is -0.256 e. The summed E-state index contributed by atoms with van der Waals surface area (Å²) in [6, 6.07) is 41.5. The Kier molecular flexibility index (Phi) is 5.16. The largest absolute Gasteiger partial charge is 0.256 e. The van der Waals surface area contributed by atoms with Gasteiger partial charge in [0.15, 0.2) is 0 Å². The molecule has 34 heavy (non-hydrogen) atoms. The standard InChI is InChI=1S/C33H25N/c1-2-23-7-9-25(10-8-23)27-12-13-29-20-30(15-14-28(29)19-27)32-17-18-33(34-22-32)31-16-11-24-5-3-4-6-26(24)21-31/h3-22H,2H2,1H3. The highest BCUT2D eigenvalue weighted by Gasteiger charge is 2.06. The summed E-state index contributed by atoms with van der Waals surface area (Å²) in [5.41, 5.74) is 8.34. The first kappa shape index (κ1) is 20.4. The average Bonchev–Trinajstić information content (AvgIpc) is 2.92. The Balaban J connectivity index is 1.29. The molecule has 162 valence electrons. The van der Waals surface area contributed by atoms with Crippen LogP contribution in [-0.4, -0.2) is 4.98 Å². The topological polar surface area (TPSA) is 12.9 Å². The number of nitrogens with zero attached hydrogens (tertiary/aromatic N) is 1. The highest BCUT2D eigenvalue weighted by atomic mass is 14.7. The van der Waals surface area contributed by atoms with Gasteiger partial charge in [-0.2, -0.15) is 0 Å². The van der Waals surface area contributed by atoms with E-state index in [2.05, 4.69) is 122 Å². The van der Waals surface area contributed by atoms with E-state index in [1.54, 1.807) is 0 Å². The highest BCUT2D eigenvalue weighted by Crippen LogP contribution is 2.30. The fourth-order valence-electron chi connectivity index (χ4n) is 4.62. The molecule has 0 atom stereocenters. The maximum absolute atomic E-state index is 4.78. The van der Waals surface area contributed by atoms with Crippen LogP contribution in [0.2, 0.25) is 0 Å². The van der Waals surface area contributed by atoms with Crippen LogP contribution in [0, 0.1) is 0 Å². The first-order valence-electron chi connectivity index (χ1n) is 11.9. The smallest absolute Gasteiger partial charge is 0.0702 e. The third-order valence-corrected chi connectivity index (χ3v) is 6.68. The van der Waals surface area contributed by atoms with Crippen LogP contribution in [0.5, 0.6) is 0 Å². The third-order valence-electron chi connectivity index (χ3n) is 6.68. The molecular weight excluding hydrogens is 410 g/mol. The molecule has 0 spiro atoms. The maximum atomic E-state index is 4.78. The van der Waals surface area contributed by atoms with E-state index in [4.69, 9.17) is 4.98 Å². The molecular formula is C33H25N. The van der Waals surface area contributed by atoms with Gasteiger partial charge in [-0.1, -0.05) is 97.9 Å². The molecule has 0 amide bonds. The Morgan fingerprint density at radius 1 is 0.471 bits per heavy atom. The lowest BCUT2D eigenvalue weighted by molar-refractivity contribution is 1.14. The van der Waals surface area contributed by atoms with Gasteiger partial charge in [0.2, 0.25) is 0 Å². The number of hydrogen-bond acceptors (Lipinski definition) is 1. The Morgan fingerprint density at radius 3 is 1.68 bits per heavy atom. The SMILES string of the molecule is CCc1ccc(-c2ccc3cc(-c4ccc(-c5ccc6ccccc6c5)nc4)ccc3c2)cc1. The summed E-state index contributed by atoms with van der Waals surface area (Å²) in [6.45, 7) is 2.19. The van der Waals surface area contributed by atoms with Gasteiger partial charge in [0.05, 0.1) is 5.69 Å². The molecule has 1 heterocycles. The lowest BCUT2D eigenvalue weighted by Crippen LogP contribution is -1.86. The van der Waals surface area contributed by atoms with Gasteiger partial charge in [-0.15, -0.1) is 0 Å². The first-order valence-corrected chi connectivity index (χ1v) is 11.9. The molecule has 0 unspecified atom stereocenters. The summed E-state index contributed by atoms with van der Waals surface area (Å²) in [5.74, 6) is 0. The average molecular weight is 436 g/mol. The second kappa shape index (κ2) is 8.61. The predicted octanol–water partition coefficient (Wildman–Crippen LogP) is 8.95. The maximum Gasteiger partial charge on any atom is 0.0702 e. The van der Waals surface area contributed by atoms with Gasteiger partial charge < -0.3 is 0 Å². The van der Waals surface area contributed by atoms with Crippen molar-refractivity contribution in [3.05, 3.63) is 127 Å². The van der Waals surface area contributed by atoms with Crippen LogP contribution in [-0.2, 0) is 6.42 Å². The van der Waals surface area contributed by atoms with E-state index in [-0.39, 0.29) is 0 Å². The minimum absolute atomic E-state index is 0.994. The van der Waals surface area contributed by atoms with E-state index in [1.165, 1.54) is 43.8 Å². The lowest BCUT2D eigenvalue weighted by atomic mass is 9.97. The normalized spacial score (nSPS) is 11.2. The number of rotatable bonds is 4. The minimum atomic E-state index is 0.994. The number of pyridine rings is 1. The van der Waals surface area contributed by atoms with Crippen molar-refractivity contribution in [1.29, 1.82) is 0 Å². The molecule has 0 radical (unpaired) electrons. The van der Waals surface area contributed by atoms with E-state index in [0.29, 0.717) is 0 Å². The molecule has 0 fully saturated rings. The number of benzene rings is 5. The van der Waals surface area contributed by atoms with E-state index in [1.807, 2.05) is 6.20 Å². The molecule has 0 bridgehead atoms. The molecule has 6 aromatic rings. The summed E-state index contributed by atoms with van der Waals surface area (Å²) in [5, 5.41) is 4.98. The monoisotopic (exact) mass is 435 g/mol. The second-order valence-electron chi connectivity index (χ2n) is 8.82. The number of hydrogen-bond donors (Lipinski definition) is 0. The van der Waals surface area contributed by atoms with Crippen molar-refractivity contribution in [1.82, 2.24) is 4.98 Å². The van der Waals surface area contributed by atoms with Crippen molar-refractivity contribution in [3.63, 3.8) is 0 Å². The second-order valence-corrected chi connectivity index (χ2v) is 8.82. The molecule has 6 rings (SSSR count). The molecule has 0 N–H and O–H groups in total. The van der Waals surface area contributed by atoms with E-state index in [0.717, 1.165) is 23.2 Å². The summed E-state index contributed by atoms with van der Waals surface area (Å²) in [6.07, 6.45) is 3.05. The van der Waals surface area contributed by atoms with Crippen molar-refractivity contribution < 1.29 is 0 Å². The van der Waals surface area contributed by atoms with Crippen molar-refractivity contribution in [2.45, 2.75) is 13.3 Å². The van der Waals surface area contributed by atoms with Crippen LogP contribution in [0.1, 0.15) is 12.5 Å². The van der Waals surface area contributed by atoms with Gasteiger partial charge in [-0.25, -0.2) is 0 Å². The molecule has 0 aliphatic rings. The molecule has 0 aliphatic heterocycles. The number of aryl methyl sites for hydroxylation is 1. The fourth-order valence-corrected chi connectivity index (χ4v) is 4.62. The van der Waals surface area contributed by atoms with E-state index >= 15 is 0 Å². The zero-order chi connectivity index (χ0) is 22.9. The van der Waals surface area contributed by atoms with Crippen LogP contribution >= 0.6 is 0 Å². The van der Waals surface area contributed by atoms with Crippen LogP contribution in [0.3, 0.4) is 0 Å². The molecule has 0 aliphatic carbocycles. The molecule has 0 saturated carbocycles. The molecule has 1 aromatic heterocycles. The lowest BCUT2D eigenvalue weighted by Gasteiger charge is -2.09. The van der Waals surface area contributed by atoms with Crippen molar-refractivity contribution in [2.24, 2.45) is 0 Å². The van der Waals surface area contributed by atoms with Crippen LogP contribution < -0.4 is 0 Å². The van der Waals surface area contributed by atoms with Gasteiger partial charge in [0, 0.05) is 17.3 Å². The summed E-state index contributed by atoms with van der Waals surface area (Å²) in [7, 11) is 0. The van der Waals surface area contributed by atoms with Gasteiger partial charge >= 0.3 is 0 Å². The third kappa shape index (κ3) is 3.86. The number of fused-ring (bicyclic) bond motifs is 2. The van der Waals surface area contributed by atoms with Crippen LogP contribution in [0.15, 0.2) is 121 Å². The molecule has 1 heteroatoms. The Hall–Kier alpha value is -4.23. The number of aromatic nitrogens is 1. The Morgan fingerprint density at radius 2 is 1.00 bits per heavy atom. The quantitative estimate of drug-likeness (QED) is 0.269. The van der Waals surface area contributed by atoms with Gasteiger partial charge in [0.1, 0.15) is 0 Å². The summed E-state index contributed by atoms with van der Waals surface area (Å²) in [4.78, 5) is 4.78. The summed E-state index contributed by atoms with van der Waals surface area (Å²) < 4.78 is 0. The highest BCUT2D eigenvalue weighted by molar-refractivity contribution is 5.91. The first-order chi connectivity index (χ1) is 16.8. The van der Waals surface area contributed by atoms with Gasteiger partial charge in [0.25, 0.3) is 0 Å². The molecule has 5 aromatic carbocycles. The van der Waals surface area contributed by atoms with E-state index < -0.39 is 0 Å². The van der Waals surface area contributed by atoms with Crippen molar-refractivity contribution in [3.8, 4) is 33.5 Å². The molecule has 1 nitrogen and oxygen atoms in total. The van der Waals surface area contributed by atoms with Gasteiger partial charge in [-0.3, -0.25) is 4.98 Å². The fraction of sp³-hybridized carbons (Fsp3) is 0.0606. The van der Waals surface area contributed by atoms with Crippen LogP contribution in [0.4, 0.5) is 0 Å². The van der Waals surface area contributed by atoms with Crippen molar-refractivity contribution in [2.75, 3.05) is 0 Å². The van der Waals surface area contributed by atoms with Gasteiger partial charge in [-0.05, 0) is 74.5 Å². The van der Waals surface area contributed by atoms with Crippen LogP contribution in [0.25, 0.3) is 55.1 Å². The Labute approximate surface area is 200 Å².